The van der Waals surface area contributed by atoms with Crippen molar-refractivity contribution in [2.45, 2.75) is 24.9 Å². The predicted octanol–water partition coefficient (Wildman–Crippen LogP) is 1.14. The summed E-state index contributed by atoms with van der Waals surface area (Å²) in [6, 6.07) is 4.28. The van der Waals surface area contributed by atoms with Crippen molar-refractivity contribution in [3.8, 4) is 0 Å². The maximum Gasteiger partial charge on any atom is 0.0607 e. The Labute approximate surface area is 93.8 Å². The van der Waals surface area contributed by atoms with E-state index in [1.54, 1.807) is 11.3 Å². The number of hydrogen-bond acceptors (Lipinski definition) is 4. The number of aliphatic hydroxyl groups excluding tert-OH is 2. The smallest absolute Gasteiger partial charge is 0.0607 e. The summed E-state index contributed by atoms with van der Waals surface area (Å²) in [5, 5.41) is 23.5. The molecule has 3 nitrogen and oxygen atoms in total. The van der Waals surface area contributed by atoms with Crippen molar-refractivity contribution in [3.05, 3.63) is 22.4 Å². The monoisotopic (exact) mass is 227 g/mol. The van der Waals surface area contributed by atoms with Crippen molar-refractivity contribution >= 4 is 11.3 Å². The second kappa shape index (κ2) is 5.07. The van der Waals surface area contributed by atoms with Gasteiger partial charge in [0.25, 0.3) is 0 Å². The molecule has 0 spiro atoms. The van der Waals surface area contributed by atoms with Gasteiger partial charge in [0, 0.05) is 10.9 Å². The highest BCUT2D eigenvalue weighted by Crippen LogP contribution is 2.42. The van der Waals surface area contributed by atoms with Crippen LogP contribution in [0.4, 0.5) is 0 Å². The summed E-state index contributed by atoms with van der Waals surface area (Å²) >= 11 is 1.74. The quantitative estimate of drug-likeness (QED) is 0.683. The van der Waals surface area contributed by atoms with Crippen LogP contribution in [0.15, 0.2) is 17.5 Å². The van der Waals surface area contributed by atoms with Crippen LogP contribution in [-0.4, -0.2) is 29.5 Å². The van der Waals surface area contributed by atoms with Crippen LogP contribution in [0.5, 0.6) is 0 Å². The summed E-state index contributed by atoms with van der Waals surface area (Å²) < 4.78 is 0. The van der Waals surface area contributed by atoms with Gasteiger partial charge in [-0.15, -0.1) is 11.3 Å². The van der Waals surface area contributed by atoms with E-state index in [4.69, 9.17) is 10.2 Å². The number of hydrogen-bond donors (Lipinski definition) is 3. The Morgan fingerprint density at radius 2 is 2.13 bits per heavy atom. The molecule has 3 N–H and O–H groups in total. The SMILES string of the molecule is OCC(CO)NC(c1cccs1)C1CC1. The molecule has 0 saturated heterocycles. The van der Waals surface area contributed by atoms with E-state index >= 15 is 0 Å². The maximum atomic E-state index is 9.06. The first-order chi connectivity index (χ1) is 7.35. The Balaban J connectivity index is 2.00. The first kappa shape index (κ1) is 11.1. The Morgan fingerprint density at radius 3 is 2.60 bits per heavy atom. The number of rotatable bonds is 6. The van der Waals surface area contributed by atoms with E-state index in [0.29, 0.717) is 12.0 Å². The van der Waals surface area contributed by atoms with Crippen LogP contribution >= 0.6 is 11.3 Å². The number of thiophene rings is 1. The minimum absolute atomic E-state index is 0.00883. The van der Waals surface area contributed by atoms with Crippen molar-refractivity contribution in [1.29, 1.82) is 0 Å². The number of nitrogens with one attached hydrogen (secondary N) is 1. The molecular formula is C11H17NO2S. The zero-order valence-electron chi connectivity index (χ0n) is 8.60. The van der Waals surface area contributed by atoms with Crippen LogP contribution in [0.3, 0.4) is 0 Å². The maximum absolute atomic E-state index is 9.06. The third-order valence-electron chi connectivity index (χ3n) is 2.80. The van der Waals surface area contributed by atoms with Gasteiger partial charge in [-0.3, -0.25) is 0 Å². The summed E-state index contributed by atoms with van der Waals surface area (Å²) in [6.07, 6.45) is 2.50. The molecular weight excluding hydrogens is 210 g/mol. The molecule has 0 amide bonds. The van der Waals surface area contributed by atoms with E-state index in [1.165, 1.54) is 17.7 Å². The van der Waals surface area contributed by atoms with Crippen LogP contribution in [-0.2, 0) is 0 Å². The number of aliphatic hydroxyl groups is 2. The van der Waals surface area contributed by atoms with Crippen molar-refractivity contribution in [2.24, 2.45) is 5.92 Å². The Morgan fingerprint density at radius 1 is 1.40 bits per heavy atom. The van der Waals surface area contributed by atoms with Crippen molar-refractivity contribution in [3.63, 3.8) is 0 Å². The average Bonchev–Trinajstić information content (AvgIpc) is 2.95. The first-order valence-corrected chi connectivity index (χ1v) is 6.24. The lowest BCUT2D eigenvalue weighted by atomic mass is 10.1. The van der Waals surface area contributed by atoms with Crippen LogP contribution < -0.4 is 5.32 Å². The van der Waals surface area contributed by atoms with E-state index in [2.05, 4.69) is 16.8 Å². The van der Waals surface area contributed by atoms with E-state index < -0.39 is 0 Å². The molecule has 4 heteroatoms. The fourth-order valence-corrected chi connectivity index (χ4v) is 2.64. The normalized spacial score (nSPS) is 18.3. The fourth-order valence-electron chi connectivity index (χ4n) is 1.77. The lowest BCUT2D eigenvalue weighted by Crippen LogP contribution is -2.39. The van der Waals surface area contributed by atoms with E-state index in [9.17, 15) is 0 Å². The van der Waals surface area contributed by atoms with Gasteiger partial charge in [0.2, 0.25) is 0 Å². The molecule has 1 atom stereocenters. The molecule has 0 aliphatic heterocycles. The Hall–Kier alpha value is -0.420. The molecule has 1 unspecified atom stereocenters. The molecule has 1 heterocycles. The standard InChI is InChI=1S/C11H17NO2S/c13-6-9(7-14)12-11(8-3-4-8)10-2-1-5-15-10/h1-2,5,8-9,11-14H,3-4,6-7H2. The van der Waals surface area contributed by atoms with E-state index in [1.807, 2.05) is 6.07 Å². The summed E-state index contributed by atoms with van der Waals surface area (Å²) in [5.74, 6) is 0.684. The molecule has 0 radical (unpaired) electrons. The summed E-state index contributed by atoms with van der Waals surface area (Å²) in [6.45, 7) is -0.0177. The van der Waals surface area contributed by atoms with Crippen LogP contribution in [0.25, 0.3) is 0 Å². The summed E-state index contributed by atoms with van der Waals surface area (Å²) in [4.78, 5) is 1.31. The highest BCUT2D eigenvalue weighted by Gasteiger charge is 2.33. The molecule has 0 aromatic carbocycles. The zero-order chi connectivity index (χ0) is 10.7. The van der Waals surface area contributed by atoms with Gasteiger partial charge in [-0.25, -0.2) is 0 Å². The van der Waals surface area contributed by atoms with Gasteiger partial charge >= 0.3 is 0 Å². The molecule has 1 aromatic heterocycles. The van der Waals surface area contributed by atoms with Gasteiger partial charge in [0.15, 0.2) is 0 Å². The van der Waals surface area contributed by atoms with Crippen LogP contribution in [0, 0.1) is 5.92 Å². The second-order valence-electron chi connectivity index (χ2n) is 4.06. The minimum atomic E-state index is -0.197. The van der Waals surface area contributed by atoms with Gasteiger partial charge in [-0.1, -0.05) is 6.07 Å². The molecule has 0 bridgehead atoms. The first-order valence-electron chi connectivity index (χ1n) is 5.36. The molecule has 1 saturated carbocycles. The van der Waals surface area contributed by atoms with Gasteiger partial charge in [-0.2, -0.15) is 0 Å². The molecule has 84 valence electrons. The van der Waals surface area contributed by atoms with Crippen LogP contribution in [0.2, 0.25) is 0 Å². The molecule has 1 aromatic rings. The van der Waals surface area contributed by atoms with E-state index in [-0.39, 0.29) is 19.3 Å². The highest BCUT2D eigenvalue weighted by molar-refractivity contribution is 7.10. The highest BCUT2D eigenvalue weighted by atomic mass is 32.1. The second-order valence-corrected chi connectivity index (χ2v) is 5.04. The topological polar surface area (TPSA) is 52.5 Å². The third-order valence-corrected chi connectivity index (χ3v) is 3.75. The zero-order valence-corrected chi connectivity index (χ0v) is 9.41. The average molecular weight is 227 g/mol. The third kappa shape index (κ3) is 2.78. The van der Waals surface area contributed by atoms with Gasteiger partial charge in [0.1, 0.15) is 0 Å². The van der Waals surface area contributed by atoms with Gasteiger partial charge in [-0.05, 0) is 30.2 Å². The lowest BCUT2D eigenvalue weighted by Gasteiger charge is -2.22. The lowest BCUT2D eigenvalue weighted by molar-refractivity contribution is 0.159. The predicted molar refractivity (Wildman–Crippen MR) is 60.9 cm³/mol. The fraction of sp³-hybridized carbons (Fsp3) is 0.636. The summed E-state index contributed by atoms with van der Waals surface area (Å²) in [7, 11) is 0. The van der Waals surface area contributed by atoms with E-state index in [0.717, 1.165) is 0 Å². The van der Waals surface area contributed by atoms with Crippen molar-refractivity contribution in [1.82, 2.24) is 5.32 Å². The molecule has 1 aliphatic rings. The van der Waals surface area contributed by atoms with Gasteiger partial charge < -0.3 is 15.5 Å². The van der Waals surface area contributed by atoms with Crippen molar-refractivity contribution in [2.75, 3.05) is 13.2 Å². The Bertz CT molecular complexity index is 281. The largest absolute Gasteiger partial charge is 0.395 e. The molecule has 1 fully saturated rings. The molecule has 15 heavy (non-hydrogen) atoms. The van der Waals surface area contributed by atoms with Crippen molar-refractivity contribution < 1.29 is 10.2 Å². The van der Waals surface area contributed by atoms with Gasteiger partial charge in [0.05, 0.1) is 19.3 Å². The molecule has 2 rings (SSSR count). The minimum Gasteiger partial charge on any atom is -0.395 e. The van der Waals surface area contributed by atoms with Crippen LogP contribution in [0.1, 0.15) is 23.8 Å². The molecule has 1 aliphatic carbocycles. The Kier molecular flexibility index (Phi) is 3.75. The summed E-state index contributed by atoms with van der Waals surface area (Å²) in [5.41, 5.74) is 0.